The number of ether oxygens (including phenoxy) is 1. The number of likely N-dealkylation sites (N-methyl/N-ethyl adjacent to an activating group) is 1. The largest absolute Gasteiger partial charge is 0.444 e. The van der Waals surface area contributed by atoms with Crippen LogP contribution in [0, 0.1) is 5.82 Å². The van der Waals surface area contributed by atoms with E-state index in [0.717, 1.165) is 12.2 Å². The summed E-state index contributed by atoms with van der Waals surface area (Å²) in [6, 6.07) is 6.55. The van der Waals surface area contributed by atoms with E-state index in [1.165, 1.54) is 12.1 Å². The van der Waals surface area contributed by atoms with E-state index >= 15 is 0 Å². The molecule has 5 heteroatoms. The SMILES string of the molecule is CCN(Cc1coc(-c2cccc(F)c2)n1)C(C)COC. The van der Waals surface area contributed by atoms with Crippen molar-refractivity contribution in [1.82, 2.24) is 9.88 Å². The van der Waals surface area contributed by atoms with Gasteiger partial charge in [0.2, 0.25) is 5.89 Å². The summed E-state index contributed by atoms with van der Waals surface area (Å²) in [5, 5.41) is 0. The Morgan fingerprint density at radius 3 is 2.90 bits per heavy atom. The van der Waals surface area contributed by atoms with Gasteiger partial charge in [-0.25, -0.2) is 9.37 Å². The van der Waals surface area contributed by atoms with Crippen molar-refractivity contribution in [3.05, 3.63) is 42.0 Å². The van der Waals surface area contributed by atoms with E-state index in [4.69, 9.17) is 9.15 Å². The molecule has 21 heavy (non-hydrogen) atoms. The van der Waals surface area contributed by atoms with Gasteiger partial charge >= 0.3 is 0 Å². The zero-order valence-electron chi connectivity index (χ0n) is 12.7. The highest BCUT2D eigenvalue weighted by molar-refractivity contribution is 5.52. The Bertz CT molecular complexity index is 571. The van der Waals surface area contributed by atoms with Crippen molar-refractivity contribution in [2.45, 2.75) is 26.4 Å². The standard InChI is InChI=1S/C16H21FN2O2/c1-4-19(12(2)10-20-3)9-15-11-21-16(18-15)13-6-5-7-14(17)8-13/h5-8,11-12H,4,9-10H2,1-3H3. The third-order valence-corrected chi connectivity index (χ3v) is 3.43. The van der Waals surface area contributed by atoms with E-state index in [1.807, 2.05) is 0 Å². The first-order valence-electron chi connectivity index (χ1n) is 7.07. The number of aromatic nitrogens is 1. The Balaban J connectivity index is 2.09. The number of nitrogens with zero attached hydrogens (tertiary/aromatic N) is 2. The Morgan fingerprint density at radius 2 is 2.24 bits per heavy atom. The second kappa shape index (κ2) is 7.33. The minimum atomic E-state index is -0.295. The van der Waals surface area contributed by atoms with Gasteiger partial charge in [-0.3, -0.25) is 4.90 Å². The van der Waals surface area contributed by atoms with Crippen LogP contribution in [0.2, 0.25) is 0 Å². The van der Waals surface area contributed by atoms with E-state index in [2.05, 4.69) is 23.7 Å². The van der Waals surface area contributed by atoms with Crippen LogP contribution in [0.15, 0.2) is 34.9 Å². The third-order valence-electron chi connectivity index (χ3n) is 3.43. The number of hydrogen-bond acceptors (Lipinski definition) is 4. The first-order valence-corrected chi connectivity index (χ1v) is 7.07. The predicted octanol–water partition coefficient (Wildman–Crippen LogP) is 3.34. The van der Waals surface area contributed by atoms with Crippen LogP contribution in [0.5, 0.6) is 0 Å². The summed E-state index contributed by atoms with van der Waals surface area (Å²) in [6.45, 7) is 6.45. The molecule has 1 aromatic carbocycles. The van der Waals surface area contributed by atoms with Gasteiger partial charge in [-0.1, -0.05) is 13.0 Å². The Morgan fingerprint density at radius 1 is 1.43 bits per heavy atom. The summed E-state index contributed by atoms with van der Waals surface area (Å²) < 4.78 is 23.9. The first kappa shape index (κ1) is 15.7. The maximum absolute atomic E-state index is 13.2. The summed E-state index contributed by atoms with van der Waals surface area (Å²) in [5.41, 5.74) is 1.48. The Hall–Kier alpha value is -1.72. The topological polar surface area (TPSA) is 38.5 Å². The fraction of sp³-hybridized carbons (Fsp3) is 0.438. The molecule has 0 aliphatic heterocycles. The fourth-order valence-electron chi connectivity index (χ4n) is 2.27. The van der Waals surface area contributed by atoms with E-state index in [0.29, 0.717) is 30.6 Å². The van der Waals surface area contributed by atoms with Gasteiger partial charge in [0.25, 0.3) is 0 Å². The van der Waals surface area contributed by atoms with Crippen molar-refractivity contribution >= 4 is 0 Å². The molecule has 0 saturated carbocycles. The number of methoxy groups -OCH3 is 1. The molecule has 2 rings (SSSR count). The molecule has 0 N–H and O–H groups in total. The zero-order chi connectivity index (χ0) is 15.2. The van der Waals surface area contributed by atoms with Crippen LogP contribution in [0.3, 0.4) is 0 Å². The molecule has 0 spiro atoms. The second-order valence-corrected chi connectivity index (χ2v) is 5.02. The van der Waals surface area contributed by atoms with Gasteiger partial charge in [0, 0.05) is 25.3 Å². The molecule has 0 radical (unpaired) electrons. The Kier molecular flexibility index (Phi) is 5.47. The van der Waals surface area contributed by atoms with Gasteiger partial charge in [0.05, 0.1) is 12.3 Å². The van der Waals surface area contributed by atoms with Gasteiger partial charge in [0.15, 0.2) is 0 Å². The number of hydrogen-bond donors (Lipinski definition) is 0. The van der Waals surface area contributed by atoms with Crippen LogP contribution in [-0.4, -0.2) is 36.2 Å². The molecule has 0 saturated heterocycles. The monoisotopic (exact) mass is 292 g/mol. The first-order chi connectivity index (χ1) is 10.1. The smallest absolute Gasteiger partial charge is 0.226 e. The molecule has 0 bridgehead atoms. The maximum Gasteiger partial charge on any atom is 0.226 e. The molecule has 1 heterocycles. The quantitative estimate of drug-likeness (QED) is 0.784. The minimum absolute atomic E-state index is 0.295. The molecule has 0 amide bonds. The summed E-state index contributed by atoms with van der Waals surface area (Å²) in [5.74, 6) is 0.149. The maximum atomic E-state index is 13.2. The highest BCUT2D eigenvalue weighted by atomic mass is 19.1. The second-order valence-electron chi connectivity index (χ2n) is 5.02. The van der Waals surface area contributed by atoms with Gasteiger partial charge < -0.3 is 9.15 Å². The number of oxazole rings is 1. The van der Waals surface area contributed by atoms with E-state index in [9.17, 15) is 4.39 Å². The lowest BCUT2D eigenvalue weighted by atomic mass is 10.2. The molecule has 1 unspecified atom stereocenters. The molecule has 1 atom stereocenters. The summed E-state index contributed by atoms with van der Waals surface area (Å²) in [6.07, 6.45) is 1.63. The molecule has 2 aromatic rings. The molecule has 4 nitrogen and oxygen atoms in total. The summed E-state index contributed by atoms with van der Waals surface area (Å²) >= 11 is 0. The van der Waals surface area contributed by atoms with Crippen LogP contribution >= 0.6 is 0 Å². The van der Waals surface area contributed by atoms with Crippen molar-refractivity contribution in [1.29, 1.82) is 0 Å². The number of rotatable bonds is 7. The van der Waals surface area contributed by atoms with Crippen molar-refractivity contribution in [3.8, 4) is 11.5 Å². The molecule has 1 aromatic heterocycles. The lowest BCUT2D eigenvalue weighted by molar-refractivity contribution is 0.0974. The van der Waals surface area contributed by atoms with Gasteiger partial charge in [-0.2, -0.15) is 0 Å². The van der Waals surface area contributed by atoms with Crippen molar-refractivity contribution in [2.24, 2.45) is 0 Å². The van der Waals surface area contributed by atoms with E-state index in [-0.39, 0.29) is 5.82 Å². The molecule has 0 aliphatic carbocycles. The van der Waals surface area contributed by atoms with Gasteiger partial charge in [-0.05, 0) is 31.7 Å². The average Bonchev–Trinajstić information content (AvgIpc) is 2.93. The predicted molar refractivity (Wildman–Crippen MR) is 79.3 cm³/mol. The molecule has 114 valence electrons. The lowest BCUT2D eigenvalue weighted by Crippen LogP contribution is -2.35. The number of halogens is 1. The van der Waals surface area contributed by atoms with E-state index < -0.39 is 0 Å². The molecule has 0 aliphatic rings. The average molecular weight is 292 g/mol. The van der Waals surface area contributed by atoms with Crippen LogP contribution in [0.1, 0.15) is 19.5 Å². The highest BCUT2D eigenvalue weighted by Crippen LogP contribution is 2.20. The van der Waals surface area contributed by atoms with E-state index in [1.54, 1.807) is 25.5 Å². The van der Waals surface area contributed by atoms with Crippen LogP contribution in [-0.2, 0) is 11.3 Å². The molecular formula is C16H21FN2O2. The molecule has 0 fully saturated rings. The van der Waals surface area contributed by atoms with Crippen LogP contribution in [0.25, 0.3) is 11.5 Å². The van der Waals surface area contributed by atoms with Gasteiger partial charge in [-0.15, -0.1) is 0 Å². The lowest BCUT2D eigenvalue weighted by Gasteiger charge is -2.26. The molecular weight excluding hydrogens is 271 g/mol. The van der Waals surface area contributed by atoms with Crippen molar-refractivity contribution in [2.75, 3.05) is 20.3 Å². The summed E-state index contributed by atoms with van der Waals surface area (Å²) in [7, 11) is 1.70. The highest BCUT2D eigenvalue weighted by Gasteiger charge is 2.15. The normalized spacial score (nSPS) is 12.8. The Labute approximate surface area is 124 Å². The fourth-order valence-corrected chi connectivity index (χ4v) is 2.27. The summed E-state index contributed by atoms with van der Waals surface area (Å²) in [4.78, 5) is 6.68. The van der Waals surface area contributed by atoms with Crippen LogP contribution < -0.4 is 0 Å². The van der Waals surface area contributed by atoms with Crippen LogP contribution in [0.4, 0.5) is 4.39 Å². The van der Waals surface area contributed by atoms with Crippen molar-refractivity contribution < 1.29 is 13.5 Å². The third kappa shape index (κ3) is 4.12. The zero-order valence-corrected chi connectivity index (χ0v) is 12.7. The minimum Gasteiger partial charge on any atom is -0.444 e. The van der Waals surface area contributed by atoms with Crippen molar-refractivity contribution in [3.63, 3.8) is 0 Å². The number of benzene rings is 1. The van der Waals surface area contributed by atoms with Gasteiger partial charge in [0.1, 0.15) is 12.1 Å².